The van der Waals surface area contributed by atoms with Crippen molar-refractivity contribution in [1.82, 2.24) is 0 Å². The standard InChI is InChI=1S/C25H21N/c1-18-14-15-21-17-26(16-20-10-7-12-22(18)25(20)21)24-13-6-5-11-23(24)19-8-3-2-4-9-19/h2-15H,16-17H2,1H3/i2D,3D,4D,5D,6D,7D,8D,9D,10D,11D,12D,13D,14D,15D,16D2,17D2. The van der Waals surface area contributed by atoms with Gasteiger partial charge in [-0.15, -0.1) is 0 Å². The highest BCUT2D eigenvalue weighted by Crippen LogP contribution is 2.38. The fourth-order valence-corrected chi connectivity index (χ4v) is 2.78. The van der Waals surface area contributed by atoms with Crippen molar-refractivity contribution in [3.05, 3.63) is 101 Å². The zero-order chi connectivity index (χ0) is 33.3. The summed E-state index contributed by atoms with van der Waals surface area (Å²) in [6, 6.07) is -11.9. The van der Waals surface area contributed by atoms with Gasteiger partial charge in [-0.2, -0.15) is 0 Å². The Morgan fingerprint density at radius 1 is 0.769 bits per heavy atom. The molecule has 0 amide bonds. The minimum atomic E-state index is -3.27. The molecule has 1 heterocycles. The second-order valence-corrected chi connectivity index (χ2v) is 5.53. The zero-order valence-corrected chi connectivity index (χ0v) is 13.4. The van der Waals surface area contributed by atoms with Crippen LogP contribution in [-0.2, 0) is 13.0 Å². The summed E-state index contributed by atoms with van der Waals surface area (Å²) < 4.78 is 155. The number of anilines is 1. The van der Waals surface area contributed by atoms with Crippen molar-refractivity contribution >= 4 is 16.5 Å². The first-order chi connectivity index (χ1) is 20.1. The van der Waals surface area contributed by atoms with E-state index in [1.165, 1.54) is 6.92 Å². The SMILES string of the molecule is [2H]c1c([2H])c([2H])c(-c2c([2H])c([2H])c([2H])c([2H])c2N2C([2H])([2H])c3c([2H])c([2H])c([2H])c4c(C)c([2H])c([2H])c(c34)C2([2H])[2H])c([2H])c1[2H]. The van der Waals surface area contributed by atoms with Gasteiger partial charge < -0.3 is 4.90 Å². The molecule has 4 aromatic rings. The smallest absolute Gasteiger partial charge is 0.0645 e. The van der Waals surface area contributed by atoms with Crippen molar-refractivity contribution in [1.29, 1.82) is 0 Å². The van der Waals surface area contributed by atoms with Crippen molar-refractivity contribution in [3.8, 4) is 11.1 Å². The number of benzene rings is 4. The predicted molar refractivity (Wildman–Crippen MR) is 110 cm³/mol. The Hall–Kier alpha value is -3.06. The van der Waals surface area contributed by atoms with E-state index < -0.39 is 131 Å². The molecule has 0 fully saturated rings. The Kier molecular flexibility index (Phi) is 1.27. The average Bonchev–Trinajstić information content (AvgIpc) is 2.94. The molecule has 0 aliphatic carbocycles. The third kappa shape index (κ3) is 2.40. The molecule has 26 heavy (non-hydrogen) atoms. The van der Waals surface area contributed by atoms with E-state index in [2.05, 4.69) is 0 Å². The van der Waals surface area contributed by atoms with Crippen LogP contribution in [0.25, 0.3) is 21.9 Å². The van der Waals surface area contributed by atoms with Gasteiger partial charge in [-0.3, -0.25) is 0 Å². The van der Waals surface area contributed by atoms with E-state index >= 15 is 0 Å². The van der Waals surface area contributed by atoms with Crippen LogP contribution in [0.15, 0.2) is 84.6 Å². The lowest BCUT2D eigenvalue weighted by Gasteiger charge is -2.33. The lowest BCUT2D eigenvalue weighted by Crippen LogP contribution is -2.26. The van der Waals surface area contributed by atoms with Crippen LogP contribution < -0.4 is 4.90 Å². The van der Waals surface area contributed by atoms with Crippen LogP contribution in [0.5, 0.6) is 0 Å². The molecule has 0 radical (unpaired) electrons. The molecule has 0 atom stereocenters. The molecule has 1 heteroatoms. The van der Waals surface area contributed by atoms with Crippen molar-refractivity contribution in [3.63, 3.8) is 0 Å². The summed E-state index contributed by atoms with van der Waals surface area (Å²) in [4.78, 5) is 0.207. The predicted octanol–water partition coefficient (Wildman–Crippen LogP) is 6.34. The van der Waals surface area contributed by atoms with Crippen LogP contribution >= 0.6 is 0 Å². The minimum absolute atomic E-state index is 0.0324. The number of hydrogen-bond acceptors (Lipinski definition) is 1. The lowest BCUT2D eigenvalue weighted by atomic mass is 9.92. The first-order valence-electron chi connectivity index (χ1n) is 16.7. The van der Waals surface area contributed by atoms with E-state index in [1.807, 2.05) is 0 Å². The molecule has 0 aromatic heterocycles. The highest BCUT2D eigenvalue weighted by atomic mass is 15.1. The first kappa shape index (κ1) is 5.47. The first-order valence-corrected chi connectivity index (χ1v) is 7.67. The summed E-state index contributed by atoms with van der Waals surface area (Å²) in [6.07, 6.45) is 0. The second-order valence-electron chi connectivity index (χ2n) is 5.53. The number of para-hydroxylation sites is 1. The van der Waals surface area contributed by atoms with E-state index in [0.717, 1.165) is 0 Å². The topological polar surface area (TPSA) is 3.24 Å². The molecule has 1 aliphatic rings. The van der Waals surface area contributed by atoms with Crippen LogP contribution in [0.4, 0.5) is 5.69 Å². The molecule has 4 aromatic carbocycles. The van der Waals surface area contributed by atoms with E-state index in [-0.39, 0.29) is 15.8 Å². The van der Waals surface area contributed by atoms with Gasteiger partial charge in [0.1, 0.15) is 0 Å². The summed E-state index contributed by atoms with van der Waals surface area (Å²) >= 11 is 0. The maximum atomic E-state index is 9.20. The van der Waals surface area contributed by atoms with Gasteiger partial charge in [0.2, 0.25) is 0 Å². The van der Waals surface area contributed by atoms with Gasteiger partial charge in [0.05, 0.1) is 24.7 Å². The molecular formula is C25H21N. The number of nitrogens with zero attached hydrogens (tertiary/aromatic N) is 1. The van der Waals surface area contributed by atoms with Gasteiger partial charge in [0, 0.05) is 24.2 Å². The third-order valence-corrected chi connectivity index (χ3v) is 3.96. The number of hydrogen-bond donors (Lipinski definition) is 0. The summed E-state index contributed by atoms with van der Waals surface area (Å²) in [6.45, 7) is -5.19. The number of aryl methyl sites for hydroxylation is 1. The number of rotatable bonds is 2. The molecule has 5 rings (SSSR count). The Labute approximate surface area is 179 Å². The van der Waals surface area contributed by atoms with Crippen molar-refractivity contribution in [2.45, 2.75) is 19.9 Å². The molecule has 0 N–H and O–H groups in total. The Balaban J connectivity index is 2.09. The van der Waals surface area contributed by atoms with E-state index in [1.54, 1.807) is 0 Å². The minimum Gasteiger partial charge on any atom is -0.362 e. The Morgan fingerprint density at radius 3 is 2.35 bits per heavy atom. The van der Waals surface area contributed by atoms with E-state index in [4.69, 9.17) is 19.2 Å². The van der Waals surface area contributed by atoms with Gasteiger partial charge >= 0.3 is 0 Å². The van der Waals surface area contributed by atoms with Crippen LogP contribution in [-0.4, -0.2) is 0 Å². The molecule has 1 nitrogen and oxygen atoms in total. The van der Waals surface area contributed by atoms with Crippen molar-refractivity contribution in [2.75, 3.05) is 4.90 Å². The van der Waals surface area contributed by atoms with Gasteiger partial charge in [0.25, 0.3) is 0 Å². The molecule has 0 unspecified atom stereocenters. The third-order valence-electron chi connectivity index (χ3n) is 3.96. The highest BCUT2D eigenvalue weighted by Gasteiger charge is 2.21. The van der Waals surface area contributed by atoms with Gasteiger partial charge in [-0.25, -0.2) is 0 Å². The molecule has 0 bridgehead atoms. The largest absolute Gasteiger partial charge is 0.362 e. The molecule has 0 saturated carbocycles. The maximum absolute atomic E-state index is 9.20. The Bertz CT molecular complexity index is 1880. The quantitative estimate of drug-likeness (QED) is 0.407. The van der Waals surface area contributed by atoms with Gasteiger partial charge in [-0.05, 0) is 46.0 Å². The zero-order valence-electron chi connectivity index (χ0n) is 31.4. The van der Waals surface area contributed by atoms with Crippen molar-refractivity contribution < 1.29 is 24.7 Å². The average molecular weight is 354 g/mol. The highest BCUT2D eigenvalue weighted by molar-refractivity contribution is 5.93. The summed E-state index contributed by atoms with van der Waals surface area (Å²) in [5.41, 5.74) is -4.01. The van der Waals surface area contributed by atoms with Crippen LogP contribution in [0.1, 0.15) is 41.4 Å². The van der Waals surface area contributed by atoms with Crippen LogP contribution in [0, 0.1) is 6.92 Å². The molecule has 0 spiro atoms. The van der Waals surface area contributed by atoms with E-state index in [9.17, 15) is 5.48 Å². The monoisotopic (exact) mass is 353 g/mol. The van der Waals surface area contributed by atoms with Crippen LogP contribution in [0.2, 0.25) is 0 Å². The molecular weight excluding hydrogens is 314 g/mol. The second kappa shape index (κ2) is 6.03. The van der Waals surface area contributed by atoms with Crippen LogP contribution in [0.3, 0.4) is 0 Å². The maximum Gasteiger partial charge on any atom is 0.0645 e. The molecule has 0 saturated heterocycles. The fraction of sp³-hybridized carbons (Fsp3) is 0.120. The summed E-state index contributed by atoms with van der Waals surface area (Å²) in [7, 11) is 0. The lowest BCUT2D eigenvalue weighted by molar-refractivity contribution is 0.789. The van der Waals surface area contributed by atoms with Gasteiger partial charge in [-0.1, -0.05) is 78.6 Å². The molecule has 1 aliphatic heterocycles. The van der Waals surface area contributed by atoms with E-state index in [0.29, 0.717) is 0 Å². The Morgan fingerprint density at radius 2 is 1.50 bits per heavy atom. The molecule has 126 valence electrons. The summed E-state index contributed by atoms with van der Waals surface area (Å²) in [5, 5.41) is -0.629. The normalized spacial score (nSPS) is 26.9. The fourth-order valence-electron chi connectivity index (χ4n) is 2.78. The van der Waals surface area contributed by atoms with Gasteiger partial charge in [0.15, 0.2) is 0 Å². The summed E-state index contributed by atoms with van der Waals surface area (Å²) in [5.74, 6) is 0. The van der Waals surface area contributed by atoms with Crippen molar-refractivity contribution in [2.24, 2.45) is 0 Å².